The molecule has 180 valence electrons. The minimum Gasteiger partial charge on any atom is -0.493 e. The Morgan fingerprint density at radius 2 is 1.73 bits per heavy atom. The van der Waals surface area contributed by atoms with E-state index in [9.17, 15) is 0 Å². The molecule has 0 saturated carbocycles. The molecule has 0 spiro atoms. The highest BCUT2D eigenvalue weighted by molar-refractivity contribution is 5.91. The van der Waals surface area contributed by atoms with Gasteiger partial charge in [0.2, 0.25) is 11.7 Å². The summed E-state index contributed by atoms with van der Waals surface area (Å²) in [7, 11) is 3.27. The molecule has 6 aromatic rings. The first kappa shape index (κ1) is 21.3. The minimum absolute atomic E-state index is 0.236. The molecular weight excluding hydrogens is 466 g/mol. The van der Waals surface area contributed by atoms with E-state index in [4.69, 9.17) is 19.2 Å². The predicted octanol–water partition coefficient (Wildman–Crippen LogP) is 5.64. The molecule has 3 aromatic carbocycles. The summed E-state index contributed by atoms with van der Waals surface area (Å²) >= 11 is 0. The lowest BCUT2D eigenvalue weighted by Gasteiger charge is -2.29. The fourth-order valence-electron chi connectivity index (χ4n) is 5.03. The van der Waals surface area contributed by atoms with E-state index in [1.54, 1.807) is 31.3 Å². The lowest BCUT2D eigenvalue weighted by Crippen LogP contribution is -2.15. The SMILES string of the molecule is COc1ccc(C2c3ccc4ccccc4c3Oc3ncn4nc(-c5ccccn5)nc4c32)cc1OC. The van der Waals surface area contributed by atoms with Crippen LogP contribution in [0.15, 0.2) is 85.3 Å². The number of rotatable bonds is 4. The van der Waals surface area contributed by atoms with E-state index in [0.29, 0.717) is 34.5 Å². The molecule has 4 heterocycles. The Kier molecular flexibility index (Phi) is 4.78. The Hall–Kier alpha value is -4.98. The second-order valence-corrected chi connectivity index (χ2v) is 8.74. The Morgan fingerprint density at radius 3 is 2.57 bits per heavy atom. The smallest absolute Gasteiger partial charge is 0.228 e. The molecule has 7 rings (SSSR count). The third-order valence-corrected chi connectivity index (χ3v) is 6.73. The maximum absolute atomic E-state index is 6.50. The van der Waals surface area contributed by atoms with Gasteiger partial charge >= 0.3 is 0 Å². The maximum atomic E-state index is 6.50. The molecule has 0 saturated heterocycles. The molecule has 1 aliphatic rings. The normalized spacial score (nSPS) is 14.2. The first-order valence-electron chi connectivity index (χ1n) is 11.8. The van der Waals surface area contributed by atoms with Crippen molar-refractivity contribution in [1.29, 1.82) is 0 Å². The number of hydrogen-bond acceptors (Lipinski definition) is 7. The number of ether oxygens (including phenoxy) is 3. The fourth-order valence-corrected chi connectivity index (χ4v) is 5.03. The van der Waals surface area contributed by atoms with Crippen LogP contribution >= 0.6 is 0 Å². The average Bonchev–Trinajstić information content (AvgIpc) is 3.41. The van der Waals surface area contributed by atoms with Crippen LogP contribution in [0.4, 0.5) is 0 Å². The Bertz CT molecular complexity index is 1800. The lowest BCUT2D eigenvalue weighted by molar-refractivity contribution is 0.354. The molecule has 0 radical (unpaired) electrons. The summed E-state index contributed by atoms with van der Waals surface area (Å²) < 4.78 is 19.3. The van der Waals surface area contributed by atoms with Crippen molar-refractivity contribution in [1.82, 2.24) is 24.6 Å². The van der Waals surface area contributed by atoms with Gasteiger partial charge in [-0.2, -0.15) is 0 Å². The van der Waals surface area contributed by atoms with Crippen LogP contribution in [0, 0.1) is 0 Å². The van der Waals surface area contributed by atoms with Gasteiger partial charge in [0.15, 0.2) is 17.1 Å². The molecule has 0 N–H and O–H groups in total. The summed E-state index contributed by atoms with van der Waals surface area (Å²) in [5.41, 5.74) is 4.17. The second kappa shape index (κ2) is 8.30. The van der Waals surface area contributed by atoms with Gasteiger partial charge in [-0.3, -0.25) is 4.98 Å². The molecule has 8 heteroatoms. The molecular formula is C29H21N5O3. The van der Waals surface area contributed by atoms with Gasteiger partial charge in [0.1, 0.15) is 17.8 Å². The van der Waals surface area contributed by atoms with Crippen molar-refractivity contribution in [3.05, 3.63) is 102 Å². The highest BCUT2D eigenvalue weighted by Crippen LogP contribution is 2.51. The number of pyridine rings is 1. The maximum Gasteiger partial charge on any atom is 0.228 e. The molecule has 1 unspecified atom stereocenters. The van der Waals surface area contributed by atoms with E-state index in [0.717, 1.165) is 33.2 Å². The largest absolute Gasteiger partial charge is 0.493 e. The van der Waals surface area contributed by atoms with Gasteiger partial charge in [0, 0.05) is 23.1 Å². The zero-order valence-corrected chi connectivity index (χ0v) is 20.1. The summed E-state index contributed by atoms with van der Waals surface area (Å²) in [5.74, 6) is 2.87. The third-order valence-electron chi connectivity index (χ3n) is 6.73. The summed E-state index contributed by atoms with van der Waals surface area (Å²) in [4.78, 5) is 14.0. The highest BCUT2D eigenvalue weighted by atomic mass is 16.5. The zero-order chi connectivity index (χ0) is 24.9. The van der Waals surface area contributed by atoms with E-state index in [-0.39, 0.29) is 5.92 Å². The van der Waals surface area contributed by atoms with Crippen molar-refractivity contribution >= 4 is 16.4 Å². The molecule has 8 nitrogen and oxygen atoms in total. The Labute approximate surface area is 212 Å². The van der Waals surface area contributed by atoms with E-state index >= 15 is 0 Å². The quantitative estimate of drug-likeness (QED) is 0.318. The van der Waals surface area contributed by atoms with Crippen LogP contribution in [-0.4, -0.2) is 38.8 Å². The van der Waals surface area contributed by atoms with E-state index in [2.05, 4.69) is 39.3 Å². The summed E-state index contributed by atoms with van der Waals surface area (Å²) in [6, 6.07) is 24.0. The minimum atomic E-state index is -0.236. The third kappa shape index (κ3) is 3.30. The van der Waals surface area contributed by atoms with E-state index in [1.807, 2.05) is 48.5 Å². The van der Waals surface area contributed by atoms with Crippen molar-refractivity contribution in [3.8, 4) is 34.6 Å². The highest BCUT2D eigenvalue weighted by Gasteiger charge is 2.35. The molecule has 37 heavy (non-hydrogen) atoms. The van der Waals surface area contributed by atoms with Crippen molar-refractivity contribution in [2.75, 3.05) is 14.2 Å². The molecule has 0 fully saturated rings. The van der Waals surface area contributed by atoms with Crippen LogP contribution in [0.3, 0.4) is 0 Å². The summed E-state index contributed by atoms with van der Waals surface area (Å²) in [6.07, 6.45) is 3.36. The van der Waals surface area contributed by atoms with Gasteiger partial charge in [0.05, 0.1) is 19.8 Å². The van der Waals surface area contributed by atoms with Crippen LogP contribution < -0.4 is 14.2 Å². The molecule has 0 bridgehead atoms. The van der Waals surface area contributed by atoms with Crippen LogP contribution in [0.5, 0.6) is 23.1 Å². The van der Waals surface area contributed by atoms with Crippen molar-refractivity contribution < 1.29 is 14.2 Å². The number of nitrogens with zero attached hydrogens (tertiary/aromatic N) is 5. The predicted molar refractivity (Wildman–Crippen MR) is 139 cm³/mol. The van der Waals surface area contributed by atoms with Gasteiger partial charge < -0.3 is 14.2 Å². The molecule has 1 aliphatic heterocycles. The summed E-state index contributed by atoms with van der Waals surface area (Å²) in [5, 5.41) is 6.78. The van der Waals surface area contributed by atoms with Crippen LogP contribution in [-0.2, 0) is 0 Å². The topological polar surface area (TPSA) is 83.7 Å². The van der Waals surface area contributed by atoms with Crippen LogP contribution in [0.2, 0.25) is 0 Å². The standard InChI is InChI=1S/C29H21N5O3/c1-35-22-13-11-18(15-23(22)36-2)24-20-12-10-17-7-3-4-8-19(17)26(20)37-29-25(24)28-32-27(33-34(28)16-31-29)21-9-5-6-14-30-21/h3-16,24H,1-2H3. The van der Waals surface area contributed by atoms with Crippen LogP contribution in [0.1, 0.15) is 22.6 Å². The van der Waals surface area contributed by atoms with Crippen LogP contribution in [0.25, 0.3) is 27.9 Å². The zero-order valence-electron chi connectivity index (χ0n) is 20.1. The molecule has 0 aliphatic carbocycles. The Morgan fingerprint density at radius 1 is 0.865 bits per heavy atom. The number of aromatic nitrogens is 5. The van der Waals surface area contributed by atoms with Crippen molar-refractivity contribution in [3.63, 3.8) is 0 Å². The van der Waals surface area contributed by atoms with Gasteiger partial charge in [-0.05, 0) is 35.2 Å². The lowest BCUT2D eigenvalue weighted by atomic mass is 9.82. The van der Waals surface area contributed by atoms with E-state index < -0.39 is 0 Å². The second-order valence-electron chi connectivity index (χ2n) is 8.74. The van der Waals surface area contributed by atoms with Crippen molar-refractivity contribution in [2.24, 2.45) is 0 Å². The first-order valence-corrected chi connectivity index (χ1v) is 11.8. The first-order chi connectivity index (χ1) is 18.2. The number of methoxy groups -OCH3 is 2. The molecule has 3 aromatic heterocycles. The van der Waals surface area contributed by atoms with Gasteiger partial charge in [-0.25, -0.2) is 14.5 Å². The van der Waals surface area contributed by atoms with E-state index in [1.165, 1.54) is 0 Å². The monoisotopic (exact) mass is 487 g/mol. The Balaban J connectivity index is 1.52. The average molecular weight is 488 g/mol. The summed E-state index contributed by atoms with van der Waals surface area (Å²) in [6.45, 7) is 0. The van der Waals surface area contributed by atoms with Gasteiger partial charge in [0.25, 0.3) is 0 Å². The van der Waals surface area contributed by atoms with Gasteiger partial charge in [-0.1, -0.05) is 48.5 Å². The number of hydrogen-bond donors (Lipinski definition) is 0. The molecule has 0 amide bonds. The van der Waals surface area contributed by atoms with Gasteiger partial charge in [-0.15, -0.1) is 5.10 Å². The number of benzene rings is 3. The molecule has 1 atom stereocenters. The van der Waals surface area contributed by atoms with Crippen molar-refractivity contribution in [2.45, 2.75) is 5.92 Å². The fraction of sp³-hybridized carbons (Fsp3) is 0.103. The number of fused-ring (bicyclic) bond motifs is 6.